The highest BCUT2D eigenvalue weighted by molar-refractivity contribution is 9.10. The number of halogens is 3. The minimum Gasteiger partial charge on any atom is -0.504 e. The zero-order valence-electron chi connectivity index (χ0n) is 10.6. The molecule has 2 rings (SSSR count). The molecular weight excluding hydrogens is 332 g/mol. The van der Waals surface area contributed by atoms with Crippen molar-refractivity contribution in [1.29, 1.82) is 0 Å². The molecule has 0 heterocycles. The van der Waals surface area contributed by atoms with Gasteiger partial charge in [-0.1, -0.05) is 6.07 Å². The Bertz CT molecular complexity index is 612. The van der Waals surface area contributed by atoms with Crippen LogP contribution < -0.4 is 10.1 Å². The average Bonchev–Trinajstić information content (AvgIpc) is 2.37. The van der Waals surface area contributed by atoms with Gasteiger partial charge >= 0.3 is 0 Å². The van der Waals surface area contributed by atoms with Crippen LogP contribution in [0.5, 0.6) is 11.5 Å². The van der Waals surface area contributed by atoms with Gasteiger partial charge in [0.15, 0.2) is 11.5 Å². The van der Waals surface area contributed by atoms with Crippen LogP contribution in [0, 0.1) is 11.6 Å². The van der Waals surface area contributed by atoms with Crippen molar-refractivity contribution in [2.24, 2.45) is 0 Å². The predicted octanol–water partition coefficient (Wildman–Crippen LogP) is 4.05. The molecule has 0 radical (unpaired) electrons. The Hall–Kier alpha value is -1.82. The van der Waals surface area contributed by atoms with Crippen molar-refractivity contribution in [1.82, 2.24) is 0 Å². The number of hydrogen-bond acceptors (Lipinski definition) is 3. The number of hydrogen-bond donors (Lipinski definition) is 2. The number of ether oxygens (including phenoxy) is 1. The standard InChI is InChI=1S/C14H12BrF2NO2/c1-20-13-3-2-8(4-12(13)19)7-18-14-10(15)5-9(16)6-11(14)17/h2-6,18-19H,7H2,1H3. The van der Waals surface area contributed by atoms with E-state index in [1.54, 1.807) is 12.1 Å². The maximum Gasteiger partial charge on any atom is 0.160 e. The number of methoxy groups -OCH3 is 1. The lowest BCUT2D eigenvalue weighted by Crippen LogP contribution is -2.03. The Morgan fingerprint density at radius 2 is 2.00 bits per heavy atom. The maximum atomic E-state index is 13.6. The van der Waals surface area contributed by atoms with Crippen LogP contribution >= 0.6 is 15.9 Å². The first kappa shape index (κ1) is 14.6. The van der Waals surface area contributed by atoms with E-state index in [0.717, 1.165) is 11.6 Å². The molecule has 6 heteroatoms. The minimum absolute atomic E-state index is 0.00504. The second-order valence-electron chi connectivity index (χ2n) is 4.10. The van der Waals surface area contributed by atoms with Crippen LogP contribution in [0.4, 0.5) is 14.5 Å². The molecule has 0 saturated carbocycles. The molecule has 2 N–H and O–H groups in total. The number of aromatic hydroxyl groups is 1. The van der Waals surface area contributed by atoms with E-state index in [0.29, 0.717) is 10.2 Å². The summed E-state index contributed by atoms with van der Waals surface area (Å²) in [6.45, 7) is 0.276. The van der Waals surface area contributed by atoms with E-state index in [4.69, 9.17) is 4.74 Å². The van der Waals surface area contributed by atoms with Crippen LogP contribution in [-0.2, 0) is 6.54 Å². The molecule has 0 unspecified atom stereocenters. The molecule has 2 aromatic rings. The van der Waals surface area contributed by atoms with E-state index >= 15 is 0 Å². The molecule has 0 aromatic heterocycles. The molecule has 0 spiro atoms. The van der Waals surface area contributed by atoms with Gasteiger partial charge in [0.25, 0.3) is 0 Å². The molecule has 0 bridgehead atoms. The number of phenolic OH excluding ortho intramolecular Hbond substituents is 1. The number of benzene rings is 2. The molecule has 0 aliphatic carbocycles. The zero-order chi connectivity index (χ0) is 14.7. The van der Waals surface area contributed by atoms with E-state index in [1.807, 2.05) is 0 Å². The van der Waals surface area contributed by atoms with Crippen LogP contribution in [0.2, 0.25) is 0 Å². The quantitative estimate of drug-likeness (QED) is 0.879. The van der Waals surface area contributed by atoms with E-state index in [1.165, 1.54) is 19.2 Å². The van der Waals surface area contributed by atoms with Crippen molar-refractivity contribution in [3.63, 3.8) is 0 Å². The van der Waals surface area contributed by atoms with Gasteiger partial charge in [0.1, 0.15) is 11.6 Å². The van der Waals surface area contributed by atoms with E-state index in [9.17, 15) is 13.9 Å². The maximum absolute atomic E-state index is 13.6. The van der Waals surface area contributed by atoms with Gasteiger partial charge in [-0.25, -0.2) is 8.78 Å². The van der Waals surface area contributed by atoms with Crippen molar-refractivity contribution in [2.75, 3.05) is 12.4 Å². The van der Waals surface area contributed by atoms with Crippen LogP contribution in [0.3, 0.4) is 0 Å². The van der Waals surface area contributed by atoms with Gasteiger partial charge in [0, 0.05) is 17.1 Å². The summed E-state index contributed by atoms with van der Waals surface area (Å²) in [6, 6.07) is 6.85. The molecule has 20 heavy (non-hydrogen) atoms. The fraction of sp³-hybridized carbons (Fsp3) is 0.143. The van der Waals surface area contributed by atoms with Crippen LogP contribution in [0.1, 0.15) is 5.56 Å². The van der Waals surface area contributed by atoms with Gasteiger partial charge in [-0.15, -0.1) is 0 Å². The highest BCUT2D eigenvalue weighted by Crippen LogP contribution is 2.29. The highest BCUT2D eigenvalue weighted by atomic mass is 79.9. The van der Waals surface area contributed by atoms with Crippen molar-refractivity contribution < 1.29 is 18.6 Å². The van der Waals surface area contributed by atoms with E-state index in [2.05, 4.69) is 21.2 Å². The van der Waals surface area contributed by atoms with E-state index in [-0.39, 0.29) is 18.0 Å². The highest BCUT2D eigenvalue weighted by Gasteiger charge is 2.10. The number of anilines is 1. The SMILES string of the molecule is COc1ccc(CNc2c(F)cc(F)cc2Br)cc1O. The smallest absolute Gasteiger partial charge is 0.160 e. The van der Waals surface area contributed by atoms with Crippen LogP contribution in [0.15, 0.2) is 34.8 Å². The first-order valence-corrected chi connectivity index (χ1v) is 6.55. The lowest BCUT2D eigenvalue weighted by molar-refractivity contribution is 0.373. The van der Waals surface area contributed by atoms with Crippen LogP contribution in [0.25, 0.3) is 0 Å². The molecule has 3 nitrogen and oxygen atoms in total. The van der Waals surface area contributed by atoms with Gasteiger partial charge < -0.3 is 15.2 Å². The van der Waals surface area contributed by atoms with Gasteiger partial charge in [0.2, 0.25) is 0 Å². The van der Waals surface area contributed by atoms with Crippen molar-refractivity contribution >= 4 is 21.6 Å². The molecular formula is C14H12BrF2NO2. The van der Waals surface area contributed by atoms with Gasteiger partial charge in [-0.05, 0) is 39.7 Å². The molecule has 0 aliphatic heterocycles. The minimum atomic E-state index is -0.686. The summed E-state index contributed by atoms with van der Waals surface area (Å²) >= 11 is 3.10. The monoisotopic (exact) mass is 343 g/mol. The fourth-order valence-electron chi connectivity index (χ4n) is 1.75. The summed E-state index contributed by atoms with van der Waals surface area (Å²) in [6.07, 6.45) is 0. The van der Waals surface area contributed by atoms with Gasteiger partial charge in [-0.2, -0.15) is 0 Å². The molecule has 0 saturated heterocycles. The van der Waals surface area contributed by atoms with Crippen molar-refractivity contribution in [3.05, 3.63) is 52.0 Å². The Morgan fingerprint density at radius 3 is 2.60 bits per heavy atom. The topological polar surface area (TPSA) is 41.5 Å². The average molecular weight is 344 g/mol. The van der Waals surface area contributed by atoms with Gasteiger partial charge in [-0.3, -0.25) is 0 Å². The third-order valence-corrected chi connectivity index (χ3v) is 3.34. The summed E-state index contributed by atoms with van der Waals surface area (Å²) in [5.74, 6) is -0.968. The fourth-order valence-corrected chi connectivity index (χ4v) is 2.30. The molecule has 0 aliphatic rings. The first-order chi connectivity index (χ1) is 9.51. The molecule has 0 atom stereocenters. The zero-order valence-corrected chi connectivity index (χ0v) is 12.2. The Morgan fingerprint density at radius 1 is 1.25 bits per heavy atom. The molecule has 2 aromatic carbocycles. The Balaban J connectivity index is 2.15. The van der Waals surface area contributed by atoms with Gasteiger partial charge in [0.05, 0.1) is 12.8 Å². The van der Waals surface area contributed by atoms with Crippen molar-refractivity contribution in [2.45, 2.75) is 6.54 Å². The summed E-state index contributed by atoms with van der Waals surface area (Å²) < 4.78 is 31.8. The second-order valence-corrected chi connectivity index (χ2v) is 4.96. The lowest BCUT2D eigenvalue weighted by Gasteiger charge is -2.11. The number of rotatable bonds is 4. The van der Waals surface area contributed by atoms with Crippen molar-refractivity contribution in [3.8, 4) is 11.5 Å². The third kappa shape index (κ3) is 3.19. The second kappa shape index (κ2) is 6.09. The number of nitrogens with one attached hydrogen (secondary N) is 1. The largest absolute Gasteiger partial charge is 0.504 e. The lowest BCUT2D eigenvalue weighted by atomic mass is 10.2. The normalized spacial score (nSPS) is 10.4. The summed E-state index contributed by atoms with van der Waals surface area (Å²) in [7, 11) is 1.46. The summed E-state index contributed by atoms with van der Waals surface area (Å²) in [5.41, 5.74) is 0.903. The molecule has 0 amide bonds. The number of phenols is 1. The molecule has 0 fully saturated rings. The molecule has 106 valence electrons. The third-order valence-electron chi connectivity index (χ3n) is 2.72. The predicted molar refractivity (Wildman–Crippen MR) is 76.0 cm³/mol. The Labute approximate surface area is 123 Å². The van der Waals surface area contributed by atoms with E-state index < -0.39 is 11.6 Å². The summed E-state index contributed by atoms with van der Waals surface area (Å²) in [4.78, 5) is 0. The summed E-state index contributed by atoms with van der Waals surface area (Å²) in [5, 5.41) is 12.5. The van der Waals surface area contributed by atoms with Crippen LogP contribution in [-0.4, -0.2) is 12.2 Å². The Kier molecular flexibility index (Phi) is 4.44. The first-order valence-electron chi connectivity index (χ1n) is 5.75.